The molecule has 13 heavy (non-hydrogen) atoms. The fourth-order valence-electron chi connectivity index (χ4n) is 0.931. The van der Waals surface area contributed by atoms with Crippen molar-refractivity contribution in [3.63, 3.8) is 0 Å². The lowest BCUT2D eigenvalue weighted by Gasteiger charge is -2.04. The molecule has 0 aliphatic carbocycles. The van der Waals surface area contributed by atoms with Gasteiger partial charge in [-0.3, -0.25) is 4.79 Å². The van der Waals surface area contributed by atoms with E-state index in [1.807, 2.05) is 24.3 Å². The second-order valence-electron chi connectivity index (χ2n) is 2.68. The van der Waals surface area contributed by atoms with E-state index >= 15 is 0 Å². The molecule has 1 aromatic rings. The van der Waals surface area contributed by atoms with Gasteiger partial charge in [0.1, 0.15) is 5.25 Å². The van der Waals surface area contributed by atoms with Crippen LogP contribution in [0, 0.1) is 3.57 Å². The van der Waals surface area contributed by atoms with Crippen molar-refractivity contribution in [2.24, 2.45) is 0 Å². The lowest BCUT2D eigenvalue weighted by atomic mass is 10.1. The number of halogens is 1. The van der Waals surface area contributed by atoms with Crippen molar-refractivity contribution in [3.05, 3.63) is 33.4 Å². The molecule has 1 rings (SSSR count). The third kappa shape index (κ3) is 3.56. The average molecular weight is 308 g/mol. The lowest BCUT2D eigenvalue weighted by Crippen LogP contribution is -2.15. The second kappa shape index (κ2) is 4.85. The smallest absolute Gasteiger partial charge is 0.316 e. The molecule has 0 heterocycles. The minimum atomic E-state index is -0.873. The zero-order chi connectivity index (χ0) is 9.84. The molecule has 70 valence electrons. The maximum atomic E-state index is 10.5. The van der Waals surface area contributed by atoms with Crippen molar-refractivity contribution in [3.8, 4) is 0 Å². The van der Waals surface area contributed by atoms with Gasteiger partial charge in [0, 0.05) is 3.57 Å². The number of benzene rings is 1. The van der Waals surface area contributed by atoms with Crippen LogP contribution in [0.3, 0.4) is 0 Å². The first-order valence-electron chi connectivity index (χ1n) is 3.75. The van der Waals surface area contributed by atoms with Crippen LogP contribution in [-0.4, -0.2) is 16.3 Å². The molecule has 0 aromatic heterocycles. The van der Waals surface area contributed by atoms with Gasteiger partial charge in [0.25, 0.3) is 0 Å². The van der Waals surface area contributed by atoms with Crippen LogP contribution >= 0.6 is 35.2 Å². The summed E-state index contributed by atoms with van der Waals surface area (Å²) in [4.78, 5) is 10.5. The van der Waals surface area contributed by atoms with Gasteiger partial charge < -0.3 is 5.11 Å². The first kappa shape index (κ1) is 10.8. The Labute approximate surface area is 95.9 Å². The summed E-state index contributed by atoms with van der Waals surface area (Å²) in [6, 6.07) is 7.76. The van der Waals surface area contributed by atoms with Crippen LogP contribution in [0.15, 0.2) is 24.3 Å². The Morgan fingerprint density at radius 3 is 2.46 bits per heavy atom. The van der Waals surface area contributed by atoms with Gasteiger partial charge in [0.05, 0.1) is 0 Å². The Morgan fingerprint density at radius 1 is 1.46 bits per heavy atom. The van der Waals surface area contributed by atoms with Crippen LogP contribution in [0.4, 0.5) is 0 Å². The van der Waals surface area contributed by atoms with Crippen LogP contribution in [-0.2, 0) is 11.2 Å². The van der Waals surface area contributed by atoms with Gasteiger partial charge in [0.2, 0.25) is 0 Å². The molecule has 0 fully saturated rings. The molecule has 0 bridgehead atoms. The normalized spacial score (nSPS) is 12.5. The summed E-state index contributed by atoms with van der Waals surface area (Å²) in [6.45, 7) is 0. The molecular formula is C9H9IO2S. The number of carbonyl (C=O) groups is 1. The van der Waals surface area contributed by atoms with E-state index in [-0.39, 0.29) is 0 Å². The van der Waals surface area contributed by atoms with E-state index in [2.05, 4.69) is 35.2 Å². The van der Waals surface area contributed by atoms with E-state index in [0.29, 0.717) is 6.42 Å². The molecular weight excluding hydrogens is 299 g/mol. The number of carboxylic acids is 1. The van der Waals surface area contributed by atoms with Gasteiger partial charge in [-0.1, -0.05) is 12.1 Å². The molecule has 0 saturated heterocycles. The van der Waals surface area contributed by atoms with Gasteiger partial charge >= 0.3 is 5.97 Å². The molecule has 1 N–H and O–H groups in total. The molecule has 1 aromatic carbocycles. The molecule has 0 amide bonds. The van der Waals surface area contributed by atoms with Gasteiger partial charge in [0.15, 0.2) is 0 Å². The Balaban J connectivity index is 2.64. The Bertz CT molecular complexity index is 297. The summed E-state index contributed by atoms with van der Waals surface area (Å²) in [5.41, 5.74) is 1.00. The van der Waals surface area contributed by atoms with Gasteiger partial charge in [-0.2, -0.15) is 12.6 Å². The predicted molar refractivity (Wildman–Crippen MR) is 63.3 cm³/mol. The molecule has 0 aliphatic heterocycles. The number of carboxylic acid groups (broad SMARTS) is 1. The summed E-state index contributed by atoms with van der Waals surface area (Å²) in [6.07, 6.45) is 0.468. The molecule has 1 atom stereocenters. The van der Waals surface area contributed by atoms with E-state index in [4.69, 9.17) is 5.11 Å². The van der Waals surface area contributed by atoms with E-state index in [1.165, 1.54) is 0 Å². The van der Waals surface area contributed by atoms with Crippen LogP contribution in [0.5, 0.6) is 0 Å². The monoisotopic (exact) mass is 308 g/mol. The summed E-state index contributed by atoms with van der Waals surface area (Å²) >= 11 is 6.17. The van der Waals surface area contributed by atoms with Gasteiger partial charge in [-0.05, 0) is 46.7 Å². The average Bonchev–Trinajstić information content (AvgIpc) is 2.08. The highest BCUT2D eigenvalue weighted by Gasteiger charge is 2.11. The highest BCUT2D eigenvalue weighted by atomic mass is 127. The van der Waals surface area contributed by atoms with E-state index in [9.17, 15) is 4.79 Å². The van der Waals surface area contributed by atoms with E-state index in [1.54, 1.807) is 0 Å². The number of hydrogen-bond acceptors (Lipinski definition) is 2. The molecule has 0 unspecified atom stereocenters. The zero-order valence-electron chi connectivity index (χ0n) is 6.77. The van der Waals surface area contributed by atoms with Crippen molar-refractivity contribution in [1.82, 2.24) is 0 Å². The van der Waals surface area contributed by atoms with Crippen molar-refractivity contribution in [2.75, 3.05) is 0 Å². The SMILES string of the molecule is O=C(O)[C@@H](S)Cc1ccc(I)cc1. The number of rotatable bonds is 3. The molecule has 2 nitrogen and oxygen atoms in total. The molecule has 4 heteroatoms. The van der Waals surface area contributed by atoms with Crippen LogP contribution < -0.4 is 0 Å². The Morgan fingerprint density at radius 2 is 2.00 bits per heavy atom. The molecule has 0 aliphatic rings. The Hall–Kier alpha value is -0.230. The van der Waals surface area contributed by atoms with Crippen molar-refractivity contribution < 1.29 is 9.90 Å². The second-order valence-corrected chi connectivity index (χ2v) is 4.55. The standard InChI is InChI=1S/C9H9IO2S/c10-7-3-1-6(2-4-7)5-8(13)9(11)12/h1-4,8,13H,5H2,(H,11,12)/t8-/m0/s1. The maximum absolute atomic E-state index is 10.5. The summed E-state index contributed by atoms with van der Waals surface area (Å²) in [5.74, 6) is -0.873. The number of hydrogen-bond donors (Lipinski definition) is 2. The fraction of sp³-hybridized carbons (Fsp3) is 0.222. The summed E-state index contributed by atoms with van der Waals surface area (Å²) < 4.78 is 1.15. The topological polar surface area (TPSA) is 37.3 Å². The third-order valence-electron chi connectivity index (χ3n) is 1.63. The first-order chi connectivity index (χ1) is 6.09. The number of aliphatic carboxylic acids is 1. The van der Waals surface area contributed by atoms with Crippen molar-refractivity contribution in [2.45, 2.75) is 11.7 Å². The van der Waals surface area contributed by atoms with Crippen LogP contribution in [0.1, 0.15) is 5.56 Å². The van der Waals surface area contributed by atoms with E-state index < -0.39 is 11.2 Å². The highest BCUT2D eigenvalue weighted by molar-refractivity contribution is 14.1. The molecule has 0 saturated carbocycles. The maximum Gasteiger partial charge on any atom is 0.316 e. The first-order valence-corrected chi connectivity index (χ1v) is 5.34. The quantitative estimate of drug-likeness (QED) is 0.664. The van der Waals surface area contributed by atoms with Crippen LogP contribution in [0.25, 0.3) is 0 Å². The van der Waals surface area contributed by atoms with Gasteiger partial charge in [-0.15, -0.1) is 0 Å². The van der Waals surface area contributed by atoms with Crippen LogP contribution in [0.2, 0.25) is 0 Å². The number of thiol groups is 1. The van der Waals surface area contributed by atoms with Gasteiger partial charge in [-0.25, -0.2) is 0 Å². The van der Waals surface area contributed by atoms with Crippen molar-refractivity contribution >= 4 is 41.2 Å². The predicted octanol–water partition coefficient (Wildman–Crippen LogP) is 2.22. The molecule has 0 spiro atoms. The highest BCUT2D eigenvalue weighted by Crippen LogP contribution is 2.11. The zero-order valence-corrected chi connectivity index (χ0v) is 9.83. The summed E-state index contributed by atoms with van der Waals surface area (Å²) in [5, 5.41) is 8.01. The largest absolute Gasteiger partial charge is 0.480 e. The fourth-order valence-corrected chi connectivity index (χ4v) is 1.50. The minimum Gasteiger partial charge on any atom is -0.480 e. The lowest BCUT2D eigenvalue weighted by molar-refractivity contribution is -0.136. The summed E-state index contributed by atoms with van der Waals surface area (Å²) in [7, 11) is 0. The third-order valence-corrected chi connectivity index (χ3v) is 2.75. The van der Waals surface area contributed by atoms with E-state index in [0.717, 1.165) is 9.13 Å². The molecule has 0 radical (unpaired) electrons. The Kier molecular flexibility index (Phi) is 4.05. The van der Waals surface area contributed by atoms with Crippen molar-refractivity contribution in [1.29, 1.82) is 0 Å². The minimum absolute atomic E-state index is 0.468.